The number of nitrogens with one attached hydrogen (secondary N) is 1. The highest BCUT2D eigenvalue weighted by molar-refractivity contribution is 7.90. The third-order valence-electron chi connectivity index (χ3n) is 5.52. The first kappa shape index (κ1) is 21.1. The molecule has 0 radical (unpaired) electrons. The van der Waals surface area contributed by atoms with E-state index in [0.717, 1.165) is 17.9 Å². The highest BCUT2D eigenvalue weighted by atomic mass is 32.2. The molecule has 0 heterocycles. The van der Waals surface area contributed by atoms with Crippen molar-refractivity contribution in [1.82, 2.24) is 0 Å². The molecule has 1 N–H and O–H groups in total. The van der Waals surface area contributed by atoms with E-state index in [1.165, 1.54) is 49.9 Å². The maximum Gasteiger partial charge on any atom is 0.270 e. The van der Waals surface area contributed by atoms with Crippen molar-refractivity contribution in [3.8, 4) is 0 Å². The van der Waals surface area contributed by atoms with Crippen LogP contribution in [0.3, 0.4) is 0 Å². The van der Waals surface area contributed by atoms with Crippen LogP contribution < -0.4 is 10.2 Å². The van der Waals surface area contributed by atoms with E-state index in [2.05, 4.69) is 29.4 Å². The van der Waals surface area contributed by atoms with Crippen molar-refractivity contribution in [2.45, 2.75) is 49.6 Å². The van der Waals surface area contributed by atoms with E-state index in [-0.39, 0.29) is 10.6 Å². The van der Waals surface area contributed by atoms with Crippen molar-refractivity contribution in [1.29, 1.82) is 0 Å². The van der Waals surface area contributed by atoms with Gasteiger partial charge in [0.1, 0.15) is 0 Å². The van der Waals surface area contributed by atoms with Gasteiger partial charge in [-0.2, -0.15) is 0 Å². The average molecular weight is 418 g/mol. The smallest absolute Gasteiger partial charge is 0.270 e. The number of benzene rings is 2. The summed E-state index contributed by atoms with van der Waals surface area (Å²) in [5.74, 6) is 0. The van der Waals surface area contributed by atoms with E-state index >= 15 is 0 Å². The van der Waals surface area contributed by atoms with Crippen LogP contribution in [-0.2, 0) is 16.4 Å². The van der Waals surface area contributed by atoms with Crippen LogP contribution in [0.2, 0.25) is 0 Å². The van der Waals surface area contributed by atoms with Crippen molar-refractivity contribution in [3.05, 3.63) is 58.1 Å². The standard InChI is InChI=1S/C21H27N3O4S/c1-23(17-6-4-3-5-7-17)18-10-8-16(9-11-18)15-22-20-13-12-19(24(25)26)14-21(20)29(2,27)28/h8-14,17,22H,3-7,15H2,1-2H3. The predicted octanol–water partition coefficient (Wildman–Crippen LogP) is 4.38. The lowest BCUT2D eigenvalue weighted by Gasteiger charge is -2.33. The van der Waals surface area contributed by atoms with E-state index < -0.39 is 14.8 Å². The second-order valence-electron chi connectivity index (χ2n) is 7.63. The molecule has 0 aliphatic heterocycles. The molecule has 0 bridgehead atoms. The Labute approximate surface area is 171 Å². The fraction of sp³-hybridized carbons (Fsp3) is 0.429. The molecule has 29 heavy (non-hydrogen) atoms. The van der Waals surface area contributed by atoms with Gasteiger partial charge in [-0.05, 0) is 36.6 Å². The molecule has 0 amide bonds. The molecule has 2 aromatic rings. The SMILES string of the molecule is CN(c1ccc(CNc2ccc([N+](=O)[O-])cc2S(C)(=O)=O)cc1)C1CCCCC1. The first-order chi connectivity index (χ1) is 13.8. The minimum absolute atomic E-state index is 0.0691. The van der Waals surface area contributed by atoms with Crippen LogP contribution in [0.1, 0.15) is 37.7 Å². The molecule has 0 saturated heterocycles. The molecule has 7 nitrogen and oxygen atoms in total. The van der Waals surface area contributed by atoms with Crippen molar-refractivity contribution < 1.29 is 13.3 Å². The first-order valence-corrected chi connectivity index (χ1v) is 11.7. The molecule has 156 valence electrons. The van der Waals surface area contributed by atoms with Gasteiger partial charge in [0, 0.05) is 43.7 Å². The Balaban J connectivity index is 1.71. The number of rotatable bonds is 7. The number of non-ortho nitro benzene ring substituents is 1. The summed E-state index contributed by atoms with van der Waals surface area (Å²) in [7, 11) is -1.46. The normalized spacial score (nSPS) is 15.1. The van der Waals surface area contributed by atoms with Crippen LogP contribution in [0.15, 0.2) is 47.4 Å². The van der Waals surface area contributed by atoms with Gasteiger partial charge >= 0.3 is 0 Å². The number of sulfone groups is 1. The molecular formula is C21H27N3O4S. The lowest BCUT2D eigenvalue weighted by Crippen LogP contribution is -2.33. The number of nitro groups is 1. The quantitative estimate of drug-likeness (QED) is 0.531. The molecule has 1 fully saturated rings. The van der Waals surface area contributed by atoms with Gasteiger partial charge in [0.15, 0.2) is 9.84 Å². The highest BCUT2D eigenvalue weighted by Gasteiger charge is 2.19. The molecule has 3 rings (SSSR count). The molecule has 8 heteroatoms. The van der Waals surface area contributed by atoms with Crippen LogP contribution >= 0.6 is 0 Å². The average Bonchev–Trinajstić information content (AvgIpc) is 2.72. The zero-order chi connectivity index (χ0) is 21.0. The number of nitrogens with zero attached hydrogens (tertiary/aromatic N) is 2. The lowest BCUT2D eigenvalue weighted by molar-refractivity contribution is -0.385. The molecular weight excluding hydrogens is 390 g/mol. The second kappa shape index (κ2) is 8.82. The fourth-order valence-electron chi connectivity index (χ4n) is 3.80. The summed E-state index contributed by atoms with van der Waals surface area (Å²) < 4.78 is 24.1. The fourth-order valence-corrected chi connectivity index (χ4v) is 4.68. The zero-order valence-corrected chi connectivity index (χ0v) is 17.6. The minimum Gasteiger partial charge on any atom is -0.380 e. The highest BCUT2D eigenvalue weighted by Crippen LogP contribution is 2.28. The molecule has 1 aliphatic carbocycles. The summed E-state index contributed by atoms with van der Waals surface area (Å²) in [4.78, 5) is 12.6. The number of nitro benzene ring substituents is 1. The topological polar surface area (TPSA) is 92.5 Å². The van der Waals surface area contributed by atoms with Crippen molar-refractivity contribution in [2.24, 2.45) is 0 Å². The molecule has 1 aliphatic rings. The Kier molecular flexibility index (Phi) is 6.42. The van der Waals surface area contributed by atoms with Gasteiger partial charge in [-0.15, -0.1) is 0 Å². The third-order valence-corrected chi connectivity index (χ3v) is 6.66. The van der Waals surface area contributed by atoms with E-state index in [4.69, 9.17) is 0 Å². The van der Waals surface area contributed by atoms with Crippen LogP contribution in [-0.4, -0.2) is 32.7 Å². The van der Waals surface area contributed by atoms with Crippen molar-refractivity contribution >= 4 is 26.9 Å². The summed E-state index contributed by atoms with van der Waals surface area (Å²) in [6, 6.07) is 12.6. The maximum absolute atomic E-state index is 12.0. The molecule has 2 aromatic carbocycles. The summed E-state index contributed by atoms with van der Waals surface area (Å²) >= 11 is 0. The van der Waals surface area contributed by atoms with E-state index in [0.29, 0.717) is 18.3 Å². The molecule has 0 spiro atoms. The molecule has 0 unspecified atom stereocenters. The maximum atomic E-state index is 12.0. The van der Waals surface area contributed by atoms with E-state index in [9.17, 15) is 18.5 Å². The number of hydrogen-bond acceptors (Lipinski definition) is 6. The zero-order valence-electron chi connectivity index (χ0n) is 16.8. The largest absolute Gasteiger partial charge is 0.380 e. The van der Waals surface area contributed by atoms with Gasteiger partial charge in [-0.25, -0.2) is 8.42 Å². The Hall–Kier alpha value is -2.61. The Bertz CT molecular complexity index is 968. The first-order valence-electron chi connectivity index (χ1n) is 9.80. The third kappa shape index (κ3) is 5.26. The summed E-state index contributed by atoms with van der Waals surface area (Å²) in [5, 5.41) is 14.1. The molecule has 0 atom stereocenters. The van der Waals surface area contributed by atoms with Crippen LogP contribution in [0.25, 0.3) is 0 Å². The lowest BCUT2D eigenvalue weighted by atomic mass is 9.94. The minimum atomic E-state index is -3.60. The van der Waals surface area contributed by atoms with Gasteiger partial charge in [-0.1, -0.05) is 31.4 Å². The van der Waals surface area contributed by atoms with Gasteiger partial charge in [0.2, 0.25) is 0 Å². The van der Waals surface area contributed by atoms with Crippen molar-refractivity contribution in [2.75, 3.05) is 23.5 Å². The second-order valence-corrected chi connectivity index (χ2v) is 9.62. The van der Waals surface area contributed by atoms with Crippen LogP contribution in [0.4, 0.5) is 17.1 Å². The van der Waals surface area contributed by atoms with E-state index in [1.807, 2.05) is 12.1 Å². The monoisotopic (exact) mass is 417 g/mol. The summed E-state index contributed by atoms with van der Waals surface area (Å²) in [6.07, 6.45) is 7.41. The van der Waals surface area contributed by atoms with Crippen molar-refractivity contribution in [3.63, 3.8) is 0 Å². The Morgan fingerprint density at radius 1 is 1.10 bits per heavy atom. The van der Waals surface area contributed by atoms with Gasteiger partial charge in [-0.3, -0.25) is 10.1 Å². The van der Waals surface area contributed by atoms with E-state index in [1.54, 1.807) is 0 Å². The number of hydrogen-bond donors (Lipinski definition) is 1. The summed E-state index contributed by atoms with van der Waals surface area (Å²) in [6.45, 7) is 0.424. The molecule has 1 saturated carbocycles. The number of anilines is 2. The Morgan fingerprint density at radius 3 is 2.34 bits per heavy atom. The van der Waals surface area contributed by atoms with Gasteiger partial charge < -0.3 is 10.2 Å². The van der Waals surface area contributed by atoms with Gasteiger partial charge in [0.25, 0.3) is 5.69 Å². The summed E-state index contributed by atoms with van der Waals surface area (Å²) in [5.41, 5.74) is 2.30. The Morgan fingerprint density at radius 2 is 1.76 bits per heavy atom. The van der Waals surface area contributed by atoms with Gasteiger partial charge in [0.05, 0.1) is 15.5 Å². The predicted molar refractivity (Wildman–Crippen MR) is 115 cm³/mol. The molecule has 0 aromatic heterocycles. The van der Waals surface area contributed by atoms with Crippen LogP contribution in [0.5, 0.6) is 0 Å². The van der Waals surface area contributed by atoms with Crippen LogP contribution in [0, 0.1) is 10.1 Å².